The third-order valence-corrected chi connectivity index (χ3v) is 3.99. The molecular weight excluding hydrogens is 248 g/mol. The van der Waals surface area contributed by atoms with Gasteiger partial charge in [-0.15, -0.1) is 0 Å². The first kappa shape index (κ1) is 12.4. The minimum atomic E-state index is -3.53. The average Bonchev–Trinajstić information content (AvgIpc) is 2.73. The van der Waals surface area contributed by atoms with Crippen molar-refractivity contribution in [1.82, 2.24) is 5.32 Å². The topological polar surface area (TPSA) is 46.2 Å². The molecule has 0 aromatic heterocycles. The van der Waals surface area contributed by atoms with Crippen molar-refractivity contribution in [2.75, 3.05) is 12.8 Å². The molecule has 1 aromatic rings. The van der Waals surface area contributed by atoms with Crippen molar-refractivity contribution in [3.05, 3.63) is 29.3 Å². The fraction of sp³-hybridized carbons (Fsp3) is 0.455. The summed E-state index contributed by atoms with van der Waals surface area (Å²) in [4.78, 5) is -0.180. The molecule has 1 aliphatic rings. The summed E-state index contributed by atoms with van der Waals surface area (Å²) in [6.07, 6.45) is 2.53. The van der Waals surface area contributed by atoms with E-state index in [-0.39, 0.29) is 16.5 Å². The lowest BCUT2D eigenvalue weighted by Gasteiger charge is -2.13. The molecule has 1 unspecified atom stereocenters. The maximum absolute atomic E-state index is 13.6. The van der Waals surface area contributed by atoms with Gasteiger partial charge in [-0.25, -0.2) is 17.2 Å². The molecule has 1 heterocycles. The maximum atomic E-state index is 13.6. The summed E-state index contributed by atoms with van der Waals surface area (Å²) in [6.45, 7) is 0.731. The highest BCUT2D eigenvalue weighted by Crippen LogP contribution is 2.29. The Hall–Kier alpha value is -1.01. The highest BCUT2D eigenvalue weighted by Gasteiger charge is 2.24. The molecule has 0 spiro atoms. The Bertz CT molecular complexity index is 537. The van der Waals surface area contributed by atoms with Crippen molar-refractivity contribution in [3.8, 4) is 0 Å². The monoisotopic (exact) mass is 261 g/mol. The second kappa shape index (κ2) is 4.34. The number of hydrogen-bond donors (Lipinski definition) is 1. The third-order valence-electron chi connectivity index (χ3n) is 2.89. The van der Waals surface area contributed by atoms with Crippen LogP contribution in [0, 0.1) is 11.6 Å². The largest absolute Gasteiger partial charge is 0.310 e. The van der Waals surface area contributed by atoms with Crippen molar-refractivity contribution < 1.29 is 17.2 Å². The lowest BCUT2D eigenvalue weighted by atomic mass is 10.0. The van der Waals surface area contributed by atoms with E-state index in [1.165, 1.54) is 6.07 Å². The lowest BCUT2D eigenvalue weighted by Crippen LogP contribution is -2.16. The molecule has 1 N–H and O–H groups in total. The van der Waals surface area contributed by atoms with Gasteiger partial charge in [0.05, 0.1) is 4.90 Å². The van der Waals surface area contributed by atoms with Crippen LogP contribution in [-0.2, 0) is 9.84 Å². The molecule has 0 aliphatic carbocycles. The van der Waals surface area contributed by atoms with Crippen molar-refractivity contribution in [2.24, 2.45) is 0 Å². The number of rotatable bonds is 2. The van der Waals surface area contributed by atoms with Crippen molar-refractivity contribution >= 4 is 9.84 Å². The van der Waals surface area contributed by atoms with Gasteiger partial charge in [0.15, 0.2) is 21.5 Å². The van der Waals surface area contributed by atoms with Crippen molar-refractivity contribution in [2.45, 2.75) is 23.8 Å². The van der Waals surface area contributed by atoms with Gasteiger partial charge in [0.25, 0.3) is 0 Å². The van der Waals surface area contributed by atoms with Crippen LogP contribution in [0.25, 0.3) is 0 Å². The molecule has 1 atom stereocenters. The van der Waals surface area contributed by atoms with Gasteiger partial charge in [0, 0.05) is 17.9 Å². The molecule has 6 heteroatoms. The second-order valence-corrected chi connectivity index (χ2v) is 6.25. The fourth-order valence-electron chi connectivity index (χ4n) is 2.00. The highest BCUT2D eigenvalue weighted by atomic mass is 32.2. The van der Waals surface area contributed by atoms with Gasteiger partial charge >= 0.3 is 0 Å². The Morgan fingerprint density at radius 2 is 2.06 bits per heavy atom. The first-order chi connectivity index (χ1) is 7.89. The van der Waals surface area contributed by atoms with Gasteiger partial charge in [-0.3, -0.25) is 0 Å². The molecule has 2 rings (SSSR count). The number of benzene rings is 1. The first-order valence-corrected chi connectivity index (χ1v) is 7.21. The standard InChI is InChI=1S/C11H13F2NO2S/c1-17(15,16)7-5-8(10-3-2-4-14-10)11(13)9(12)6-7/h5-6,10,14H,2-4H2,1H3. The van der Waals surface area contributed by atoms with E-state index >= 15 is 0 Å². The molecule has 0 bridgehead atoms. The van der Waals surface area contributed by atoms with Crippen LogP contribution >= 0.6 is 0 Å². The molecule has 0 saturated carbocycles. The van der Waals surface area contributed by atoms with E-state index in [0.29, 0.717) is 6.42 Å². The molecule has 1 aliphatic heterocycles. The van der Waals surface area contributed by atoms with Crippen LogP contribution in [0.3, 0.4) is 0 Å². The van der Waals surface area contributed by atoms with E-state index in [9.17, 15) is 17.2 Å². The molecule has 0 radical (unpaired) electrons. The summed E-state index contributed by atoms with van der Waals surface area (Å²) < 4.78 is 49.7. The van der Waals surface area contributed by atoms with Crippen LogP contribution in [0.15, 0.2) is 17.0 Å². The third kappa shape index (κ3) is 2.47. The van der Waals surface area contributed by atoms with Crippen LogP contribution in [-0.4, -0.2) is 21.2 Å². The quantitative estimate of drug-likeness (QED) is 0.826. The lowest BCUT2D eigenvalue weighted by molar-refractivity contribution is 0.477. The van der Waals surface area contributed by atoms with Crippen molar-refractivity contribution in [3.63, 3.8) is 0 Å². The minimum Gasteiger partial charge on any atom is -0.310 e. The van der Waals surface area contributed by atoms with E-state index in [1.807, 2.05) is 0 Å². The van der Waals surface area contributed by atoms with Gasteiger partial charge < -0.3 is 5.32 Å². The van der Waals surface area contributed by atoms with Crippen LogP contribution < -0.4 is 5.32 Å². The molecule has 1 fully saturated rings. The smallest absolute Gasteiger partial charge is 0.175 e. The maximum Gasteiger partial charge on any atom is 0.175 e. The first-order valence-electron chi connectivity index (χ1n) is 5.32. The predicted octanol–water partition coefficient (Wildman–Crippen LogP) is 1.79. The Morgan fingerprint density at radius 1 is 1.35 bits per heavy atom. The molecule has 17 heavy (non-hydrogen) atoms. The van der Waals surface area contributed by atoms with Crippen LogP contribution in [0.1, 0.15) is 24.4 Å². The van der Waals surface area contributed by atoms with Crippen molar-refractivity contribution in [1.29, 1.82) is 0 Å². The number of halogens is 2. The number of sulfone groups is 1. The number of hydrogen-bond acceptors (Lipinski definition) is 3. The summed E-state index contributed by atoms with van der Waals surface area (Å²) >= 11 is 0. The Balaban J connectivity index is 2.54. The normalized spacial score (nSPS) is 20.8. The Kier molecular flexibility index (Phi) is 3.18. The van der Waals surface area contributed by atoms with E-state index in [1.54, 1.807) is 0 Å². The summed E-state index contributed by atoms with van der Waals surface area (Å²) in [7, 11) is -3.53. The average molecular weight is 261 g/mol. The van der Waals surface area contributed by atoms with E-state index in [0.717, 1.165) is 25.3 Å². The van der Waals surface area contributed by atoms with Gasteiger partial charge in [-0.2, -0.15) is 0 Å². The Morgan fingerprint density at radius 3 is 2.59 bits per heavy atom. The van der Waals surface area contributed by atoms with Crippen LogP contribution in [0.4, 0.5) is 8.78 Å². The summed E-state index contributed by atoms with van der Waals surface area (Å²) in [5.41, 5.74) is 0.0999. The van der Waals surface area contributed by atoms with Gasteiger partial charge in [0.1, 0.15) is 0 Å². The summed E-state index contributed by atoms with van der Waals surface area (Å²) in [5.74, 6) is -2.08. The van der Waals surface area contributed by atoms with Crippen LogP contribution in [0.2, 0.25) is 0 Å². The zero-order valence-electron chi connectivity index (χ0n) is 9.33. The second-order valence-electron chi connectivity index (χ2n) is 4.23. The van der Waals surface area contributed by atoms with Gasteiger partial charge in [-0.1, -0.05) is 0 Å². The van der Waals surface area contributed by atoms with Gasteiger partial charge in [0.2, 0.25) is 0 Å². The summed E-state index contributed by atoms with van der Waals surface area (Å²) in [6, 6.07) is 1.64. The zero-order chi connectivity index (χ0) is 12.6. The fourth-order valence-corrected chi connectivity index (χ4v) is 2.66. The molecule has 1 saturated heterocycles. The molecule has 1 aromatic carbocycles. The molecule has 94 valence electrons. The molecule has 0 amide bonds. The number of nitrogens with one attached hydrogen (secondary N) is 1. The van der Waals surface area contributed by atoms with E-state index < -0.39 is 21.5 Å². The minimum absolute atomic E-state index is 0.0999. The summed E-state index contributed by atoms with van der Waals surface area (Å²) in [5, 5.41) is 3.02. The Labute approximate surface area is 98.8 Å². The van der Waals surface area contributed by atoms with Gasteiger partial charge in [-0.05, 0) is 31.5 Å². The van der Waals surface area contributed by atoms with E-state index in [4.69, 9.17) is 0 Å². The zero-order valence-corrected chi connectivity index (χ0v) is 10.2. The van der Waals surface area contributed by atoms with E-state index in [2.05, 4.69) is 5.32 Å². The predicted molar refractivity (Wildman–Crippen MR) is 59.4 cm³/mol. The van der Waals surface area contributed by atoms with Crippen LogP contribution in [0.5, 0.6) is 0 Å². The molecule has 3 nitrogen and oxygen atoms in total. The highest BCUT2D eigenvalue weighted by molar-refractivity contribution is 7.90. The molecular formula is C11H13F2NO2S. The SMILES string of the molecule is CS(=O)(=O)c1cc(F)c(F)c(C2CCCN2)c1.